The Hall–Kier alpha value is -2.96. The summed E-state index contributed by atoms with van der Waals surface area (Å²) in [6.07, 6.45) is 7.77. The second-order valence-corrected chi connectivity index (χ2v) is 9.41. The number of nitrogens with zero attached hydrogens (tertiary/aromatic N) is 3. The minimum Gasteiger partial charge on any atom is -0.497 e. The van der Waals surface area contributed by atoms with Gasteiger partial charge in [-0.3, -0.25) is 9.59 Å². The Bertz CT molecular complexity index is 1050. The van der Waals surface area contributed by atoms with Crippen molar-refractivity contribution >= 4 is 23.1 Å². The molecule has 7 nitrogen and oxygen atoms in total. The van der Waals surface area contributed by atoms with Crippen molar-refractivity contribution in [2.24, 2.45) is 16.8 Å². The number of rotatable bonds is 9. The first-order chi connectivity index (χ1) is 16.5. The van der Waals surface area contributed by atoms with E-state index in [1.807, 2.05) is 22.9 Å². The predicted octanol–water partition coefficient (Wildman–Crippen LogP) is 5.54. The summed E-state index contributed by atoms with van der Waals surface area (Å²) in [7, 11) is 3.22. The number of ketones is 2. The van der Waals surface area contributed by atoms with Crippen LogP contribution in [0.1, 0.15) is 80.8 Å². The van der Waals surface area contributed by atoms with Crippen molar-refractivity contribution in [3.63, 3.8) is 0 Å². The molecule has 1 aliphatic carbocycles. The molecule has 0 spiro atoms. The third-order valence-electron chi connectivity index (χ3n) is 7.39. The summed E-state index contributed by atoms with van der Waals surface area (Å²) < 4.78 is 12.6. The zero-order valence-electron chi connectivity index (χ0n) is 20.7. The first-order valence-electron chi connectivity index (χ1n) is 12.4. The molecular formula is C27H35N3O4. The Kier molecular flexibility index (Phi) is 7.49. The van der Waals surface area contributed by atoms with Crippen LogP contribution in [0.15, 0.2) is 29.4 Å². The third-order valence-corrected chi connectivity index (χ3v) is 7.39. The van der Waals surface area contributed by atoms with Crippen molar-refractivity contribution in [2.75, 3.05) is 14.2 Å². The van der Waals surface area contributed by atoms with Crippen LogP contribution in [0.4, 0.5) is 5.82 Å². The Labute approximate surface area is 201 Å². The summed E-state index contributed by atoms with van der Waals surface area (Å²) >= 11 is 0. The summed E-state index contributed by atoms with van der Waals surface area (Å²) in [5.41, 5.74) is 2.52. The van der Waals surface area contributed by atoms with E-state index < -0.39 is 0 Å². The minimum absolute atomic E-state index is 0.0407. The number of methoxy groups -OCH3 is 2. The number of aliphatic imine (C=N–C) groups is 1. The van der Waals surface area contributed by atoms with Crippen molar-refractivity contribution in [3.05, 3.63) is 35.5 Å². The maximum atomic E-state index is 13.0. The predicted molar refractivity (Wildman–Crippen MR) is 132 cm³/mol. The van der Waals surface area contributed by atoms with E-state index in [1.54, 1.807) is 20.4 Å². The van der Waals surface area contributed by atoms with Crippen LogP contribution in [-0.2, 0) is 11.2 Å². The molecule has 0 atom stereocenters. The van der Waals surface area contributed by atoms with Gasteiger partial charge in [-0.15, -0.1) is 0 Å². The van der Waals surface area contributed by atoms with E-state index in [0.717, 1.165) is 55.6 Å². The molecule has 1 aromatic carbocycles. The lowest BCUT2D eigenvalue weighted by Gasteiger charge is -2.30. The van der Waals surface area contributed by atoms with Crippen LogP contribution >= 0.6 is 0 Å². The quantitative estimate of drug-likeness (QED) is 0.486. The lowest BCUT2D eigenvalue weighted by atomic mass is 9.76. The molecule has 1 aliphatic heterocycles. The van der Waals surface area contributed by atoms with Gasteiger partial charge in [0.2, 0.25) is 0 Å². The lowest BCUT2D eigenvalue weighted by molar-refractivity contribution is -0.123. The maximum Gasteiger partial charge on any atom is 0.173 e. The number of hydrogen-bond acceptors (Lipinski definition) is 6. The zero-order chi connectivity index (χ0) is 24.2. The van der Waals surface area contributed by atoms with E-state index in [2.05, 4.69) is 18.9 Å². The molecule has 0 saturated heterocycles. The van der Waals surface area contributed by atoms with E-state index in [-0.39, 0.29) is 29.4 Å². The number of aromatic nitrogens is 2. The Balaban J connectivity index is 1.42. The zero-order valence-corrected chi connectivity index (χ0v) is 20.7. The van der Waals surface area contributed by atoms with Gasteiger partial charge >= 0.3 is 0 Å². The summed E-state index contributed by atoms with van der Waals surface area (Å²) in [5.74, 6) is 2.77. The van der Waals surface area contributed by atoms with E-state index >= 15 is 0 Å². The van der Waals surface area contributed by atoms with Crippen molar-refractivity contribution in [3.8, 4) is 11.5 Å². The molecule has 182 valence electrons. The highest BCUT2D eigenvalue weighted by molar-refractivity contribution is 6.15. The first kappa shape index (κ1) is 24.2. The summed E-state index contributed by atoms with van der Waals surface area (Å²) in [4.78, 5) is 30.8. The molecule has 0 N–H and O–H groups in total. The molecule has 0 bridgehead atoms. The Morgan fingerprint density at radius 1 is 1.06 bits per heavy atom. The second kappa shape index (κ2) is 10.5. The topological polar surface area (TPSA) is 82.8 Å². The summed E-state index contributed by atoms with van der Waals surface area (Å²) in [6, 6.07) is 5.86. The van der Waals surface area contributed by atoms with Gasteiger partial charge in [-0.2, -0.15) is 5.10 Å². The average Bonchev–Trinajstić information content (AvgIpc) is 3.29. The molecule has 1 saturated carbocycles. The number of benzene rings is 1. The van der Waals surface area contributed by atoms with Crippen LogP contribution in [0.5, 0.6) is 11.5 Å². The smallest absolute Gasteiger partial charge is 0.173 e. The van der Waals surface area contributed by atoms with Gasteiger partial charge in [0, 0.05) is 24.1 Å². The number of Topliss-reactive ketones (excluding diaryl/α,β-unsaturated/α-hetero) is 2. The number of hydrogen-bond donors (Lipinski definition) is 0. The monoisotopic (exact) mass is 465 g/mol. The van der Waals surface area contributed by atoms with Crippen molar-refractivity contribution < 1.29 is 19.1 Å². The molecule has 0 unspecified atom stereocenters. The summed E-state index contributed by atoms with van der Waals surface area (Å²) in [6.45, 7) is 4.27. The van der Waals surface area contributed by atoms with Crippen LogP contribution in [0.2, 0.25) is 0 Å². The largest absolute Gasteiger partial charge is 0.497 e. The molecule has 0 radical (unpaired) electrons. The van der Waals surface area contributed by atoms with Crippen LogP contribution < -0.4 is 9.47 Å². The van der Waals surface area contributed by atoms with Crippen molar-refractivity contribution in [1.29, 1.82) is 0 Å². The molecular weight excluding hydrogens is 430 g/mol. The normalized spacial score (nSPS) is 20.1. The molecule has 1 aromatic heterocycles. The van der Waals surface area contributed by atoms with Gasteiger partial charge in [0.1, 0.15) is 17.3 Å². The van der Waals surface area contributed by atoms with Crippen LogP contribution in [0.3, 0.4) is 0 Å². The van der Waals surface area contributed by atoms with Crippen LogP contribution in [0.25, 0.3) is 0 Å². The third kappa shape index (κ3) is 4.93. The van der Waals surface area contributed by atoms with Crippen LogP contribution in [-0.4, -0.2) is 41.3 Å². The van der Waals surface area contributed by atoms with Crippen molar-refractivity contribution in [2.45, 2.75) is 71.3 Å². The maximum absolute atomic E-state index is 13.0. The molecule has 4 rings (SSSR count). The average molecular weight is 466 g/mol. The van der Waals surface area contributed by atoms with E-state index in [1.165, 1.54) is 0 Å². The molecule has 2 aromatic rings. The SMILES string of the molecule is CCC(CC)n1ncc2c1N=C(C1CCC(C(=O)Cc3cc(OC)cc(OC)c3)CC1)CC2=O. The molecule has 34 heavy (non-hydrogen) atoms. The standard InChI is InChI=1S/C27H35N3O4/c1-5-20(6-2)30-27-23(16-28-30)26(32)15-24(29-27)18-7-9-19(10-8-18)25(31)13-17-11-21(33-3)14-22(12-17)34-4/h11-12,14,16,18-20H,5-10,13,15H2,1-4H3. The van der Waals surface area contributed by atoms with Crippen molar-refractivity contribution in [1.82, 2.24) is 9.78 Å². The fourth-order valence-electron chi connectivity index (χ4n) is 5.30. The number of carbonyl (C=O) groups excluding carboxylic acids is 2. The van der Waals surface area contributed by atoms with E-state index in [4.69, 9.17) is 14.5 Å². The highest BCUT2D eigenvalue weighted by Crippen LogP contribution is 2.37. The first-order valence-corrected chi connectivity index (χ1v) is 12.4. The fraction of sp³-hybridized carbons (Fsp3) is 0.556. The Morgan fingerprint density at radius 2 is 1.71 bits per heavy atom. The van der Waals surface area contributed by atoms with Gasteiger partial charge in [0.25, 0.3) is 0 Å². The van der Waals surface area contributed by atoms with E-state index in [9.17, 15) is 9.59 Å². The lowest BCUT2D eigenvalue weighted by Crippen LogP contribution is -2.29. The number of carbonyl (C=O) groups is 2. The van der Waals surface area contributed by atoms with Gasteiger partial charge < -0.3 is 9.47 Å². The molecule has 2 heterocycles. The van der Waals surface area contributed by atoms with Gasteiger partial charge in [-0.05, 0) is 62.1 Å². The highest BCUT2D eigenvalue weighted by atomic mass is 16.5. The highest BCUT2D eigenvalue weighted by Gasteiger charge is 2.33. The minimum atomic E-state index is 0.0407. The summed E-state index contributed by atoms with van der Waals surface area (Å²) in [5, 5.41) is 4.50. The van der Waals surface area contributed by atoms with Crippen LogP contribution in [0, 0.1) is 11.8 Å². The second-order valence-electron chi connectivity index (χ2n) is 9.41. The molecule has 2 aliphatic rings. The van der Waals surface area contributed by atoms with E-state index in [0.29, 0.717) is 29.9 Å². The number of fused-ring (bicyclic) bond motifs is 1. The molecule has 0 amide bonds. The molecule has 1 fully saturated rings. The van der Waals surface area contributed by atoms with Gasteiger partial charge in [-0.25, -0.2) is 9.67 Å². The van der Waals surface area contributed by atoms with Gasteiger partial charge in [-0.1, -0.05) is 13.8 Å². The van der Waals surface area contributed by atoms with Gasteiger partial charge in [0.05, 0.1) is 38.4 Å². The Morgan fingerprint density at radius 3 is 2.29 bits per heavy atom. The van der Waals surface area contributed by atoms with Gasteiger partial charge in [0.15, 0.2) is 11.6 Å². The fourth-order valence-corrected chi connectivity index (χ4v) is 5.30. The molecule has 7 heteroatoms. The number of ether oxygens (including phenoxy) is 2.